The van der Waals surface area contributed by atoms with Crippen LogP contribution in [0.15, 0.2) is 30.3 Å². The minimum atomic E-state index is -0.267. The summed E-state index contributed by atoms with van der Waals surface area (Å²) in [7, 11) is 6.41. The van der Waals surface area contributed by atoms with Crippen molar-refractivity contribution in [2.75, 3.05) is 27.7 Å². The molecule has 0 saturated carbocycles. The van der Waals surface area contributed by atoms with Crippen molar-refractivity contribution in [1.29, 1.82) is 0 Å². The minimum Gasteiger partial charge on any atom is -0.456 e. The molecule has 1 saturated heterocycles. The van der Waals surface area contributed by atoms with E-state index in [0.717, 1.165) is 17.4 Å². The Balaban J connectivity index is 1.92. The average molecular weight is 278 g/mol. The van der Waals surface area contributed by atoms with E-state index < -0.39 is 0 Å². The molecule has 3 atom stereocenters. The van der Waals surface area contributed by atoms with Crippen molar-refractivity contribution in [2.45, 2.75) is 31.7 Å². The van der Waals surface area contributed by atoms with Gasteiger partial charge in [0.15, 0.2) is 0 Å². The molecule has 0 N–H and O–H groups in total. The molecule has 1 aromatic carbocycles. The van der Waals surface area contributed by atoms with Crippen LogP contribution < -0.4 is 0 Å². The average Bonchev–Trinajstić information content (AvgIpc) is 2.68. The zero-order valence-electron chi connectivity index (χ0n) is 12.7. The van der Waals surface area contributed by atoms with Crippen molar-refractivity contribution in [3.63, 3.8) is 0 Å². The number of carbonyl (C=O) groups is 1. The molecule has 1 aliphatic heterocycles. The summed E-state index contributed by atoms with van der Waals surface area (Å²) in [6, 6.07) is 9.10. The monoisotopic (exact) mass is 278 g/mol. The van der Waals surface area contributed by atoms with Gasteiger partial charge in [0.25, 0.3) is 0 Å². The molecule has 0 spiro atoms. The van der Waals surface area contributed by atoms with Crippen molar-refractivity contribution < 1.29 is 18.8 Å². The SMILES string of the molecule is C[C@@H]1O[C@H](C[N+](C)(C)C)C[C@H]1OC(=O)c1ccccc1. The van der Waals surface area contributed by atoms with Crippen LogP contribution in [-0.2, 0) is 9.47 Å². The number of ether oxygens (including phenoxy) is 2. The Morgan fingerprint density at radius 2 is 1.95 bits per heavy atom. The maximum atomic E-state index is 12.1. The molecule has 1 aliphatic rings. The molecule has 1 aromatic rings. The van der Waals surface area contributed by atoms with Crippen LogP contribution >= 0.6 is 0 Å². The number of likely N-dealkylation sites (N-methyl/N-ethyl adjacent to an activating group) is 1. The van der Waals surface area contributed by atoms with Gasteiger partial charge in [-0.2, -0.15) is 0 Å². The third-order valence-corrected chi connectivity index (χ3v) is 3.45. The first-order chi connectivity index (χ1) is 9.35. The second kappa shape index (κ2) is 5.94. The fourth-order valence-electron chi connectivity index (χ4n) is 2.55. The molecule has 1 fully saturated rings. The summed E-state index contributed by atoms with van der Waals surface area (Å²) in [4.78, 5) is 12.1. The van der Waals surface area contributed by atoms with E-state index in [4.69, 9.17) is 9.47 Å². The first-order valence-electron chi connectivity index (χ1n) is 7.07. The fraction of sp³-hybridized carbons (Fsp3) is 0.562. The van der Waals surface area contributed by atoms with Gasteiger partial charge in [-0.25, -0.2) is 4.79 Å². The third kappa shape index (κ3) is 4.05. The molecule has 0 aliphatic carbocycles. The Hall–Kier alpha value is -1.39. The van der Waals surface area contributed by atoms with Crippen LogP contribution in [0.25, 0.3) is 0 Å². The maximum Gasteiger partial charge on any atom is 0.338 e. The van der Waals surface area contributed by atoms with Crippen molar-refractivity contribution in [1.82, 2.24) is 0 Å². The molecule has 4 heteroatoms. The van der Waals surface area contributed by atoms with Crippen LogP contribution in [0.3, 0.4) is 0 Å². The number of carbonyl (C=O) groups excluding carboxylic acids is 1. The van der Waals surface area contributed by atoms with Gasteiger partial charge in [0.2, 0.25) is 0 Å². The van der Waals surface area contributed by atoms with E-state index in [-0.39, 0.29) is 24.3 Å². The predicted molar refractivity (Wildman–Crippen MR) is 77.5 cm³/mol. The number of rotatable bonds is 4. The molecule has 4 nitrogen and oxygen atoms in total. The molecule has 2 rings (SSSR count). The molecule has 110 valence electrons. The van der Waals surface area contributed by atoms with E-state index in [2.05, 4.69) is 21.1 Å². The van der Waals surface area contributed by atoms with Crippen molar-refractivity contribution in [3.05, 3.63) is 35.9 Å². The number of esters is 1. The zero-order chi connectivity index (χ0) is 14.8. The molecule has 0 aromatic heterocycles. The number of quaternary nitrogens is 1. The molecule has 0 unspecified atom stereocenters. The van der Waals surface area contributed by atoms with Gasteiger partial charge in [0.05, 0.1) is 32.8 Å². The Bertz CT molecular complexity index is 453. The Kier molecular flexibility index (Phi) is 4.45. The quantitative estimate of drug-likeness (QED) is 0.625. The molecular weight excluding hydrogens is 254 g/mol. The largest absolute Gasteiger partial charge is 0.456 e. The Labute approximate surface area is 120 Å². The molecule has 0 radical (unpaired) electrons. The highest BCUT2D eigenvalue weighted by molar-refractivity contribution is 5.89. The number of benzene rings is 1. The van der Waals surface area contributed by atoms with E-state index in [0.29, 0.717) is 5.56 Å². The molecule has 1 heterocycles. The van der Waals surface area contributed by atoms with Gasteiger partial charge in [-0.1, -0.05) is 18.2 Å². The van der Waals surface area contributed by atoms with Crippen LogP contribution in [0.2, 0.25) is 0 Å². The lowest BCUT2D eigenvalue weighted by molar-refractivity contribution is -0.873. The highest BCUT2D eigenvalue weighted by atomic mass is 16.6. The van der Waals surface area contributed by atoms with Crippen LogP contribution in [-0.4, -0.2) is 56.5 Å². The fourth-order valence-corrected chi connectivity index (χ4v) is 2.55. The highest BCUT2D eigenvalue weighted by Gasteiger charge is 2.37. The van der Waals surface area contributed by atoms with E-state index >= 15 is 0 Å². The summed E-state index contributed by atoms with van der Waals surface area (Å²) < 4.78 is 12.3. The van der Waals surface area contributed by atoms with Gasteiger partial charge >= 0.3 is 5.97 Å². The highest BCUT2D eigenvalue weighted by Crippen LogP contribution is 2.25. The standard InChI is InChI=1S/C16H24NO3/c1-12-15(10-14(19-12)11-17(2,3)4)20-16(18)13-8-6-5-7-9-13/h5-9,12,14-15H,10-11H2,1-4H3/q+1/t12-,14-,15+/m0/s1. The summed E-state index contributed by atoms with van der Waals surface area (Å²) >= 11 is 0. The van der Waals surface area contributed by atoms with E-state index in [1.165, 1.54) is 0 Å². The molecular formula is C16H24NO3+. The van der Waals surface area contributed by atoms with Crippen LogP contribution in [0.1, 0.15) is 23.7 Å². The summed E-state index contributed by atoms with van der Waals surface area (Å²) in [5, 5.41) is 0. The number of nitrogens with zero attached hydrogens (tertiary/aromatic N) is 1. The number of hydrogen-bond donors (Lipinski definition) is 0. The van der Waals surface area contributed by atoms with Crippen molar-refractivity contribution in [3.8, 4) is 0 Å². The summed E-state index contributed by atoms with van der Waals surface area (Å²) in [6.07, 6.45) is 0.729. The molecule has 0 amide bonds. The lowest BCUT2D eigenvalue weighted by Crippen LogP contribution is -2.41. The Morgan fingerprint density at radius 1 is 1.30 bits per heavy atom. The lowest BCUT2D eigenvalue weighted by Gasteiger charge is -2.26. The van der Waals surface area contributed by atoms with E-state index in [9.17, 15) is 4.79 Å². The second-order valence-corrected chi connectivity index (χ2v) is 6.48. The van der Waals surface area contributed by atoms with Gasteiger partial charge in [0.1, 0.15) is 18.8 Å². The first kappa shape index (κ1) is 15.0. The smallest absolute Gasteiger partial charge is 0.338 e. The van der Waals surface area contributed by atoms with E-state index in [1.54, 1.807) is 12.1 Å². The molecule has 0 bridgehead atoms. The van der Waals surface area contributed by atoms with Gasteiger partial charge < -0.3 is 14.0 Å². The third-order valence-electron chi connectivity index (χ3n) is 3.45. The van der Waals surface area contributed by atoms with E-state index in [1.807, 2.05) is 25.1 Å². The van der Waals surface area contributed by atoms with Gasteiger partial charge in [-0.15, -0.1) is 0 Å². The maximum absolute atomic E-state index is 12.1. The van der Waals surface area contributed by atoms with Crippen LogP contribution in [0, 0.1) is 0 Å². The normalized spacial score (nSPS) is 26.5. The first-order valence-corrected chi connectivity index (χ1v) is 7.07. The number of hydrogen-bond acceptors (Lipinski definition) is 3. The van der Waals surface area contributed by atoms with Gasteiger partial charge in [-0.3, -0.25) is 0 Å². The van der Waals surface area contributed by atoms with Crippen molar-refractivity contribution >= 4 is 5.97 Å². The minimum absolute atomic E-state index is 0.0424. The summed E-state index contributed by atoms with van der Waals surface area (Å²) in [5.41, 5.74) is 0.592. The predicted octanol–water partition coefficient (Wildman–Crippen LogP) is 2.10. The van der Waals surface area contributed by atoms with Crippen LogP contribution in [0.4, 0.5) is 0 Å². The van der Waals surface area contributed by atoms with Crippen LogP contribution in [0.5, 0.6) is 0 Å². The van der Waals surface area contributed by atoms with Gasteiger partial charge in [0, 0.05) is 6.42 Å². The van der Waals surface area contributed by atoms with Crippen molar-refractivity contribution in [2.24, 2.45) is 0 Å². The zero-order valence-corrected chi connectivity index (χ0v) is 12.7. The summed E-state index contributed by atoms with van der Waals surface area (Å²) in [6.45, 7) is 2.89. The lowest BCUT2D eigenvalue weighted by atomic mass is 10.1. The van der Waals surface area contributed by atoms with Gasteiger partial charge in [-0.05, 0) is 19.1 Å². The summed E-state index contributed by atoms with van der Waals surface area (Å²) in [5.74, 6) is -0.267. The Morgan fingerprint density at radius 3 is 2.55 bits per heavy atom. The second-order valence-electron chi connectivity index (χ2n) is 6.48. The topological polar surface area (TPSA) is 35.5 Å². The molecule has 20 heavy (non-hydrogen) atoms.